The van der Waals surface area contributed by atoms with Crippen LogP contribution in [-0.4, -0.2) is 25.6 Å². The Morgan fingerprint density at radius 1 is 1.14 bits per heavy atom. The van der Waals surface area contributed by atoms with Gasteiger partial charge in [0.15, 0.2) is 0 Å². The predicted octanol–water partition coefficient (Wildman–Crippen LogP) is 3.45. The van der Waals surface area contributed by atoms with Crippen LogP contribution in [0.25, 0.3) is 10.9 Å². The highest BCUT2D eigenvalue weighted by molar-refractivity contribution is 5.94. The minimum Gasteiger partial charge on any atom is -0.377 e. The number of pyridine rings is 1. The summed E-state index contributed by atoms with van der Waals surface area (Å²) in [6.07, 6.45) is 0.949. The van der Waals surface area contributed by atoms with E-state index in [0.29, 0.717) is 6.54 Å². The van der Waals surface area contributed by atoms with Crippen LogP contribution >= 0.6 is 0 Å². The van der Waals surface area contributed by atoms with E-state index in [1.165, 1.54) is 22.2 Å². The molecule has 3 nitrogen and oxygen atoms in total. The van der Waals surface area contributed by atoms with E-state index >= 15 is 0 Å². The molecule has 0 aliphatic heterocycles. The highest BCUT2D eigenvalue weighted by Crippen LogP contribution is 2.32. The zero-order valence-corrected chi connectivity index (χ0v) is 14.1. The van der Waals surface area contributed by atoms with Crippen molar-refractivity contribution in [3.8, 4) is 0 Å². The first-order chi connectivity index (χ1) is 9.73. The number of nitrogens with two attached hydrogens (primary N) is 1. The van der Waals surface area contributed by atoms with Gasteiger partial charge in [0, 0.05) is 30.9 Å². The molecule has 0 spiro atoms. The van der Waals surface area contributed by atoms with Gasteiger partial charge in [-0.25, -0.2) is 0 Å². The van der Waals surface area contributed by atoms with Crippen molar-refractivity contribution in [1.29, 1.82) is 0 Å². The van der Waals surface area contributed by atoms with Gasteiger partial charge in [-0.3, -0.25) is 4.98 Å². The lowest BCUT2D eigenvalue weighted by Gasteiger charge is -2.24. The lowest BCUT2D eigenvalue weighted by Crippen LogP contribution is -2.26. The van der Waals surface area contributed by atoms with Gasteiger partial charge in [-0.2, -0.15) is 0 Å². The van der Waals surface area contributed by atoms with Crippen molar-refractivity contribution in [1.82, 2.24) is 4.98 Å². The summed E-state index contributed by atoms with van der Waals surface area (Å²) in [6, 6.07) is 6.64. The van der Waals surface area contributed by atoms with E-state index in [-0.39, 0.29) is 5.41 Å². The lowest BCUT2D eigenvalue weighted by atomic mass is 9.84. The zero-order valence-electron chi connectivity index (χ0n) is 14.1. The maximum absolute atomic E-state index is 5.92. The van der Waals surface area contributed by atoms with Gasteiger partial charge in [-0.1, -0.05) is 25.5 Å². The fraction of sp³-hybridized carbons (Fsp3) is 0.500. The third-order valence-electron chi connectivity index (χ3n) is 3.95. The van der Waals surface area contributed by atoms with Crippen molar-refractivity contribution in [2.75, 3.05) is 25.5 Å². The van der Waals surface area contributed by atoms with Crippen molar-refractivity contribution in [2.24, 2.45) is 11.1 Å². The Kier molecular flexibility index (Phi) is 4.24. The Balaban J connectivity index is 2.71. The number of rotatable bonds is 4. The zero-order chi connectivity index (χ0) is 15.8. The molecule has 2 rings (SSSR count). The minimum atomic E-state index is 0.0877. The van der Waals surface area contributed by atoms with Crippen LogP contribution in [0.3, 0.4) is 0 Å². The molecule has 2 N–H and O–H groups in total. The van der Waals surface area contributed by atoms with Crippen LogP contribution in [0.1, 0.15) is 30.7 Å². The molecular weight excluding hydrogens is 258 g/mol. The van der Waals surface area contributed by atoms with E-state index < -0.39 is 0 Å². The highest BCUT2D eigenvalue weighted by atomic mass is 15.1. The Hall–Kier alpha value is -1.61. The standard InChI is InChI=1S/C18H27N3/c1-12-7-14(10-18(3,4)11-19)17-15(8-12)16(21(5)6)9-13(2)20-17/h7-9H,10-11,19H2,1-6H3. The van der Waals surface area contributed by atoms with Crippen LogP contribution < -0.4 is 10.6 Å². The van der Waals surface area contributed by atoms with Crippen molar-refractivity contribution in [2.45, 2.75) is 34.1 Å². The number of fused-ring (bicyclic) bond motifs is 1. The third kappa shape index (κ3) is 3.35. The first kappa shape index (κ1) is 15.8. The number of aryl methyl sites for hydroxylation is 2. The van der Waals surface area contributed by atoms with Crippen LogP contribution in [-0.2, 0) is 6.42 Å². The number of aromatic nitrogens is 1. The fourth-order valence-corrected chi connectivity index (χ4v) is 2.76. The molecule has 1 aromatic carbocycles. The largest absolute Gasteiger partial charge is 0.377 e. The molecule has 0 bridgehead atoms. The molecule has 0 saturated heterocycles. The van der Waals surface area contributed by atoms with Gasteiger partial charge in [0.2, 0.25) is 0 Å². The summed E-state index contributed by atoms with van der Waals surface area (Å²) in [5.74, 6) is 0. The Bertz CT molecular complexity index is 657. The second-order valence-electron chi connectivity index (χ2n) is 7.04. The lowest BCUT2D eigenvalue weighted by molar-refractivity contribution is 0.377. The summed E-state index contributed by atoms with van der Waals surface area (Å²) in [7, 11) is 4.17. The van der Waals surface area contributed by atoms with Gasteiger partial charge in [0.25, 0.3) is 0 Å². The summed E-state index contributed by atoms with van der Waals surface area (Å²) < 4.78 is 0. The van der Waals surface area contributed by atoms with Crippen LogP contribution in [0.15, 0.2) is 18.2 Å². The van der Waals surface area contributed by atoms with Gasteiger partial charge in [-0.15, -0.1) is 0 Å². The molecule has 0 fully saturated rings. The van der Waals surface area contributed by atoms with E-state index in [1.54, 1.807) is 0 Å². The Labute approximate surface area is 128 Å². The van der Waals surface area contributed by atoms with Gasteiger partial charge in [-0.05, 0) is 49.9 Å². The van der Waals surface area contributed by atoms with E-state index in [2.05, 4.69) is 64.9 Å². The molecule has 0 aliphatic rings. The molecule has 1 heterocycles. The molecular formula is C18H27N3. The van der Waals surface area contributed by atoms with Gasteiger partial charge in [0.1, 0.15) is 0 Å². The molecule has 3 heteroatoms. The summed E-state index contributed by atoms with van der Waals surface area (Å²) in [4.78, 5) is 6.97. The number of anilines is 1. The molecule has 0 saturated carbocycles. The number of nitrogens with zero attached hydrogens (tertiary/aromatic N) is 2. The van der Waals surface area contributed by atoms with Crippen molar-refractivity contribution in [3.05, 3.63) is 35.0 Å². The molecule has 21 heavy (non-hydrogen) atoms. The molecule has 114 valence electrons. The number of hydrogen-bond acceptors (Lipinski definition) is 3. The van der Waals surface area contributed by atoms with E-state index in [0.717, 1.165) is 17.6 Å². The third-order valence-corrected chi connectivity index (χ3v) is 3.95. The topological polar surface area (TPSA) is 42.1 Å². The molecule has 1 aromatic heterocycles. The van der Waals surface area contributed by atoms with Gasteiger partial charge < -0.3 is 10.6 Å². The Morgan fingerprint density at radius 3 is 2.38 bits per heavy atom. The van der Waals surface area contributed by atoms with Crippen molar-refractivity contribution < 1.29 is 0 Å². The SMILES string of the molecule is Cc1cc(CC(C)(C)CN)c2nc(C)cc(N(C)C)c2c1. The summed E-state index contributed by atoms with van der Waals surface area (Å²) in [5.41, 5.74) is 12.0. The maximum atomic E-state index is 5.92. The monoisotopic (exact) mass is 285 g/mol. The molecule has 0 aliphatic carbocycles. The fourth-order valence-electron chi connectivity index (χ4n) is 2.76. The molecule has 0 amide bonds. The second kappa shape index (κ2) is 5.64. The van der Waals surface area contributed by atoms with Crippen molar-refractivity contribution >= 4 is 16.6 Å². The average molecular weight is 285 g/mol. The Morgan fingerprint density at radius 2 is 1.81 bits per heavy atom. The number of hydrogen-bond donors (Lipinski definition) is 1. The van der Waals surface area contributed by atoms with E-state index in [9.17, 15) is 0 Å². The van der Waals surface area contributed by atoms with E-state index in [4.69, 9.17) is 10.7 Å². The normalized spacial score (nSPS) is 12.0. The maximum Gasteiger partial charge on any atom is 0.0758 e. The highest BCUT2D eigenvalue weighted by Gasteiger charge is 2.19. The summed E-state index contributed by atoms with van der Waals surface area (Å²) in [6.45, 7) is 9.31. The molecule has 2 aromatic rings. The minimum absolute atomic E-state index is 0.0877. The smallest absolute Gasteiger partial charge is 0.0758 e. The van der Waals surface area contributed by atoms with Crippen LogP contribution in [0, 0.1) is 19.3 Å². The first-order valence-corrected chi connectivity index (χ1v) is 7.52. The van der Waals surface area contributed by atoms with Crippen LogP contribution in [0.5, 0.6) is 0 Å². The van der Waals surface area contributed by atoms with Crippen molar-refractivity contribution in [3.63, 3.8) is 0 Å². The molecule has 0 radical (unpaired) electrons. The second-order valence-corrected chi connectivity index (χ2v) is 7.04. The predicted molar refractivity (Wildman–Crippen MR) is 92.1 cm³/mol. The molecule has 0 unspecified atom stereocenters. The van der Waals surface area contributed by atoms with E-state index in [1.807, 2.05) is 0 Å². The summed E-state index contributed by atoms with van der Waals surface area (Å²) >= 11 is 0. The summed E-state index contributed by atoms with van der Waals surface area (Å²) in [5, 5.41) is 1.23. The van der Waals surface area contributed by atoms with Gasteiger partial charge in [0.05, 0.1) is 5.52 Å². The molecule has 0 atom stereocenters. The first-order valence-electron chi connectivity index (χ1n) is 7.52. The number of benzene rings is 1. The average Bonchev–Trinajstić information content (AvgIpc) is 2.38. The van der Waals surface area contributed by atoms with Crippen LogP contribution in [0.4, 0.5) is 5.69 Å². The van der Waals surface area contributed by atoms with Crippen LogP contribution in [0.2, 0.25) is 0 Å². The van der Waals surface area contributed by atoms with Gasteiger partial charge >= 0.3 is 0 Å². The quantitative estimate of drug-likeness (QED) is 0.935.